The molecule has 1 aliphatic heterocycles. The molecule has 0 radical (unpaired) electrons. The summed E-state index contributed by atoms with van der Waals surface area (Å²) < 4.78 is 0.665. The number of carbonyl (C=O) groups is 1. The number of hydrogen-bond donors (Lipinski definition) is 1. The molecule has 26 heavy (non-hydrogen) atoms. The molecule has 1 aromatic heterocycles. The molecule has 9 heteroatoms. The third-order valence-corrected chi connectivity index (χ3v) is 5.04. The molecule has 0 unspecified atom stereocenters. The molecule has 7 nitrogen and oxygen atoms in total. The fourth-order valence-corrected chi connectivity index (χ4v) is 3.43. The van der Waals surface area contributed by atoms with Crippen LogP contribution in [0.5, 0.6) is 0 Å². The molecule has 1 aromatic carbocycles. The maximum Gasteiger partial charge on any atom is 0.293 e. The molecular formula is C17H16BrClN4O3. The van der Waals surface area contributed by atoms with Gasteiger partial charge in [-0.3, -0.25) is 14.9 Å². The Balaban J connectivity index is 1.63. The van der Waals surface area contributed by atoms with Crippen molar-refractivity contribution in [1.82, 2.24) is 4.98 Å². The number of hydrogen-bond acceptors (Lipinski definition) is 5. The van der Waals surface area contributed by atoms with Gasteiger partial charge in [-0.05, 0) is 37.1 Å². The van der Waals surface area contributed by atoms with Gasteiger partial charge < -0.3 is 10.2 Å². The zero-order chi connectivity index (χ0) is 18.7. The number of anilines is 2. The number of nitrogens with zero attached hydrogens (tertiary/aromatic N) is 3. The molecule has 1 fully saturated rings. The molecular weight excluding hydrogens is 424 g/mol. The number of benzene rings is 1. The highest BCUT2D eigenvalue weighted by atomic mass is 79.9. The summed E-state index contributed by atoms with van der Waals surface area (Å²) in [5.74, 6) is 0.216. The summed E-state index contributed by atoms with van der Waals surface area (Å²) in [5, 5.41) is 14.6. The van der Waals surface area contributed by atoms with E-state index in [0.29, 0.717) is 46.9 Å². The lowest BCUT2D eigenvalue weighted by Gasteiger charge is -2.32. The van der Waals surface area contributed by atoms with E-state index in [-0.39, 0.29) is 22.4 Å². The first-order chi connectivity index (χ1) is 12.4. The maximum atomic E-state index is 12.4. The van der Waals surface area contributed by atoms with Crippen molar-refractivity contribution >= 4 is 50.6 Å². The van der Waals surface area contributed by atoms with Gasteiger partial charge in [0.15, 0.2) is 0 Å². The third-order valence-electron chi connectivity index (χ3n) is 4.32. The molecule has 1 saturated heterocycles. The lowest BCUT2D eigenvalue weighted by molar-refractivity contribution is -0.384. The van der Waals surface area contributed by atoms with E-state index >= 15 is 0 Å². The zero-order valence-corrected chi connectivity index (χ0v) is 16.0. The van der Waals surface area contributed by atoms with E-state index in [1.807, 2.05) is 4.90 Å². The van der Waals surface area contributed by atoms with Crippen molar-refractivity contribution in [2.24, 2.45) is 5.92 Å². The van der Waals surface area contributed by atoms with Crippen LogP contribution in [0.3, 0.4) is 0 Å². The Morgan fingerprint density at radius 2 is 2.04 bits per heavy atom. The standard InChI is InChI=1S/C17H16BrClN4O3/c18-12-1-3-14(15(9-12)23(25)26)22-7-5-11(6-8-22)17(24)21-16-4-2-13(19)10-20-16/h1-4,9-11H,5-8H2,(H,20,21,24). The van der Waals surface area contributed by atoms with Crippen molar-refractivity contribution in [3.8, 4) is 0 Å². The van der Waals surface area contributed by atoms with Crippen LogP contribution in [-0.4, -0.2) is 28.9 Å². The third kappa shape index (κ3) is 4.31. The first-order valence-corrected chi connectivity index (χ1v) is 9.22. The van der Waals surface area contributed by atoms with Gasteiger partial charge in [-0.2, -0.15) is 0 Å². The van der Waals surface area contributed by atoms with E-state index in [1.165, 1.54) is 12.3 Å². The molecule has 0 bridgehead atoms. The van der Waals surface area contributed by atoms with Crippen LogP contribution in [0.2, 0.25) is 5.02 Å². The van der Waals surface area contributed by atoms with Crippen LogP contribution >= 0.6 is 27.5 Å². The largest absolute Gasteiger partial charge is 0.366 e. The van der Waals surface area contributed by atoms with Gasteiger partial charge in [-0.15, -0.1) is 0 Å². The lowest BCUT2D eigenvalue weighted by Crippen LogP contribution is -2.38. The van der Waals surface area contributed by atoms with Crippen molar-refractivity contribution in [1.29, 1.82) is 0 Å². The van der Waals surface area contributed by atoms with Crippen LogP contribution in [0.25, 0.3) is 0 Å². The number of carbonyl (C=O) groups excluding carboxylic acids is 1. The van der Waals surface area contributed by atoms with Gasteiger partial charge in [0, 0.05) is 35.7 Å². The van der Waals surface area contributed by atoms with Crippen LogP contribution in [0.15, 0.2) is 41.0 Å². The Labute approximate surface area is 163 Å². The average molecular weight is 440 g/mol. The maximum absolute atomic E-state index is 12.4. The van der Waals surface area contributed by atoms with Crippen molar-refractivity contribution < 1.29 is 9.72 Å². The lowest BCUT2D eigenvalue weighted by atomic mass is 9.95. The number of pyridine rings is 1. The number of halogens is 2. The quantitative estimate of drug-likeness (QED) is 0.568. The molecule has 3 rings (SSSR count). The normalized spacial score (nSPS) is 14.9. The van der Waals surface area contributed by atoms with Crippen molar-refractivity contribution in [2.45, 2.75) is 12.8 Å². The molecule has 2 aromatic rings. The van der Waals surface area contributed by atoms with E-state index < -0.39 is 0 Å². The number of nitrogens with one attached hydrogen (secondary N) is 1. The summed E-state index contributed by atoms with van der Waals surface area (Å²) in [6.07, 6.45) is 2.71. The molecule has 136 valence electrons. The predicted molar refractivity (Wildman–Crippen MR) is 104 cm³/mol. The van der Waals surface area contributed by atoms with Crippen LogP contribution in [-0.2, 0) is 4.79 Å². The van der Waals surface area contributed by atoms with E-state index in [9.17, 15) is 14.9 Å². The SMILES string of the molecule is O=C(Nc1ccc(Cl)cn1)C1CCN(c2ccc(Br)cc2[N+](=O)[O-])CC1. The first kappa shape index (κ1) is 18.6. The molecule has 2 heterocycles. The van der Waals surface area contributed by atoms with Crippen molar-refractivity contribution in [3.63, 3.8) is 0 Å². The molecule has 1 amide bonds. The molecule has 0 atom stereocenters. The summed E-state index contributed by atoms with van der Waals surface area (Å²) in [5.41, 5.74) is 0.643. The van der Waals surface area contributed by atoms with Crippen LogP contribution in [0.1, 0.15) is 12.8 Å². The summed E-state index contributed by atoms with van der Waals surface area (Å²) in [7, 11) is 0. The summed E-state index contributed by atoms with van der Waals surface area (Å²) >= 11 is 9.05. The molecule has 1 N–H and O–H groups in total. The summed E-state index contributed by atoms with van der Waals surface area (Å²) in [4.78, 5) is 29.3. The number of rotatable bonds is 4. The van der Waals surface area contributed by atoms with E-state index in [1.54, 1.807) is 24.3 Å². The highest BCUT2D eigenvalue weighted by Crippen LogP contribution is 2.33. The van der Waals surface area contributed by atoms with Crippen molar-refractivity contribution in [2.75, 3.05) is 23.3 Å². The Bertz CT molecular complexity index is 823. The Hall–Kier alpha value is -2.19. The topological polar surface area (TPSA) is 88.4 Å². The Morgan fingerprint density at radius 1 is 1.31 bits per heavy atom. The smallest absolute Gasteiger partial charge is 0.293 e. The number of nitro benzene ring substituents is 1. The fourth-order valence-electron chi connectivity index (χ4n) is 2.97. The van der Waals surface area contributed by atoms with Gasteiger partial charge in [0.2, 0.25) is 5.91 Å². The van der Waals surface area contributed by atoms with Gasteiger partial charge in [0.1, 0.15) is 11.5 Å². The molecule has 1 aliphatic rings. The van der Waals surface area contributed by atoms with Gasteiger partial charge in [0.05, 0.1) is 9.95 Å². The number of piperidine rings is 1. The highest BCUT2D eigenvalue weighted by molar-refractivity contribution is 9.10. The van der Waals surface area contributed by atoms with Gasteiger partial charge >= 0.3 is 0 Å². The number of aromatic nitrogens is 1. The zero-order valence-electron chi connectivity index (χ0n) is 13.7. The van der Waals surface area contributed by atoms with E-state index in [0.717, 1.165) is 0 Å². The number of amides is 1. The van der Waals surface area contributed by atoms with Crippen molar-refractivity contribution in [3.05, 3.63) is 56.1 Å². The highest BCUT2D eigenvalue weighted by Gasteiger charge is 2.28. The Kier molecular flexibility index (Phi) is 5.73. The molecule has 0 saturated carbocycles. The van der Waals surface area contributed by atoms with Gasteiger partial charge in [-0.25, -0.2) is 4.98 Å². The van der Waals surface area contributed by atoms with Crippen LogP contribution in [0.4, 0.5) is 17.2 Å². The number of nitro groups is 1. The second-order valence-electron chi connectivity index (χ2n) is 6.00. The summed E-state index contributed by atoms with van der Waals surface area (Å²) in [6.45, 7) is 1.16. The fraction of sp³-hybridized carbons (Fsp3) is 0.294. The summed E-state index contributed by atoms with van der Waals surface area (Å²) in [6, 6.07) is 8.34. The molecule has 0 spiro atoms. The second kappa shape index (κ2) is 8.01. The van der Waals surface area contributed by atoms with Crippen LogP contribution < -0.4 is 10.2 Å². The minimum Gasteiger partial charge on any atom is -0.366 e. The van der Waals surface area contributed by atoms with Gasteiger partial charge in [-0.1, -0.05) is 27.5 Å². The minimum atomic E-state index is -0.384. The second-order valence-corrected chi connectivity index (χ2v) is 7.35. The Morgan fingerprint density at radius 3 is 2.65 bits per heavy atom. The van der Waals surface area contributed by atoms with E-state index in [4.69, 9.17) is 11.6 Å². The molecule has 0 aliphatic carbocycles. The van der Waals surface area contributed by atoms with Crippen LogP contribution in [0, 0.1) is 16.0 Å². The monoisotopic (exact) mass is 438 g/mol. The van der Waals surface area contributed by atoms with Gasteiger partial charge in [0.25, 0.3) is 5.69 Å². The van der Waals surface area contributed by atoms with E-state index in [2.05, 4.69) is 26.2 Å². The average Bonchev–Trinajstić information content (AvgIpc) is 2.63. The predicted octanol–water partition coefficient (Wildman–Crippen LogP) is 4.26. The first-order valence-electron chi connectivity index (χ1n) is 8.05. The minimum absolute atomic E-state index is 0.0626.